The fourth-order valence-corrected chi connectivity index (χ4v) is 5.38. The van der Waals surface area contributed by atoms with Crippen LogP contribution in [0.5, 0.6) is 5.75 Å². The lowest BCUT2D eigenvalue weighted by Gasteiger charge is -2.38. The molecule has 8 heteroatoms. The minimum Gasteiger partial charge on any atom is -0.488 e. The van der Waals surface area contributed by atoms with E-state index >= 15 is 0 Å². The first-order chi connectivity index (χ1) is 18.3. The molecule has 2 aromatic carbocycles. The van der Waals surface area contributed by atoms with E-state index in [0.29, 0.717) is 30.1 Å². The van der Waals surface area contributed by atoms with E-state index in [1.165, 1.54) is 12.0 Å². The van der Waals surface area contributed by atoms with Crippen LogP contribution in [0.3, 0.4) is 0 Å². The summed E-state index contributed by atoms with van der Waals surface area (Å²) in [6.45, 7) is 5.73. The number of amides is 3. The minimum absolute atomic E-state index is 0.0402. The van der Waals surface area contributed by atoms with E-state index in [1.54, 1.807) is 23.1 Å². The number of fused-ring (bicyclic) bond motifs is 1. The molecule has 0 bridgehead atoms. The van der Waals surface area contributed by atoms with Crippen molar-refractivity contribution in [3.8, 4) is 5.75 Å². The van der Waals surface area contributed by atoms with Gasteiger partial charge in [0.05, 0.1) is 18.2 Å². The molecule has 0 unspecified atom stereocenters. The predicted molar refractivity (Wildman–Crippen MR) is 149 cm³/mol. The molecule has 4 rings (SSSR count). The summed E-state index contributed by atoms with van der Waals surface area (Å²) in [5.41, 5.74) is 2.15. The molecule has 3 amide bonds. The molecule has 0 radical (unpaired) electrons. The van der Waals surface area contributed by atoms with Gasteiger partial charge in [0.15, 0.2) is 0 Å². The largest absolute Gasteiger partial charge is 0.488 e. The van der Waals surface area contributed by atoms with E-state index in [0.717, 1.165) is 32.2 Å². The van der Waals surface area contributed by atoms with Crippen molar-refractivity contribution in [3.63, 3.8) is 0 Å². The summed E-state index contributed by atoms with van der Waals surface area (Å²) in [5, 5.41) is 15.9. The Morgan fingerprint density at radius 2 is 1.89 bits per heavy atom. The molecule has 0 aromatic heterocycles. The SMILES string of the molecule is C[C@@H]1CN([C@@H](C)CO)C(=O)c2cc(NC(=O)NC3CCCCC3)ccc2O[C@H]1CN(C)Cc1ccccc1. The number of rotatable bonds is 8. The number of carbonyl (C=O) groups is 2. The smallest absolute Gasteiger partial charge is 0.319 e. The Bertz CT molecular complexity index is 1070. The van der Waals surface area contributed by atoms with Gasteiger partial charge in [-0.15, -0.1) is 0 Å². The van der Waals surface area contributed by atoms with Crippen molar-refractivity contribution in [3.05, 3.63) is 59.7 Å². The monoisotopic (exact) mass is 522 g/mol. The van der Waals surface area contributed by atoms with Crippen molar-refractivity contribution in [1.82, 2.24) is 15.1 Å². The molecule has 0 spiro atoms. The first kappa shape index (κ1) is 27.9. The Balaban J connectivity index is 1.53. The number of aliphatic hydroxyl groups excluding tert-OH is 1. The summed E-state index contributed by atoms with van der Waals surface area (Å²) >= 11 is 0. The van der Waals surface area contributed by atoms with Crippen LogP contribution in [0.25, 0.3) is 0 Å². The number of urea groups is 1. The van der Waals surface area contributed by atoms with Crippen LogP contribution in [0.1, 0.15) is 61.9 Å². The molecule has 1 aliphatic carbocycles. The average molecular weight is 523 g/mol. The second-order valence-electron chi connectivity index (χ2n) is 10.9. The number of anilines is 1. The van der Waals surface area contributed by atoms with E-state index in [4.69, 9.17) is 4.74 Å². The van der Waals surface area contributed by atoms with Crippen LogP contribution < -0.4 is 15.4 Å². The van der Waals surface area contributed by atoms with Crippen LogP contribution in [-0.2, 0) is 6.54 Å². The summed E-state index contributed by atoms with van der Waals surface area (Å²) in [7, 11) is 2.07. The molecule has 3 atom stereocenters. The number of carbonyl (C=O) groups excluding carboxylic acids is 2. The normalized spacial score (nSPS) is 21.2. The van der Waals surface area contributed by atoms with Gasteiger partial charge in [0.25, 0.3) is 5.91 Å². The van der Waals surface area contributed by atoms with Crippen LogP contribution >= 0.6 is 0 Å². The van der Waals surface area contributed by atoms with Gasteiger partial charge in [0.2, 0.25) is 0 Å². The number of benzene rings is 2. The Hall–Kier alpha value is -3.10. The van der Waals surface area contributed by atoms with Crippen LogP contribution in [0.4, 0.5) is 10.5 Å². The third-order valence-electron chi connectivity index (χ3n) is 7.65. The Labute approximate surface area is 226 Å². The summed E-state index contributed by atoms with van der Waals surface area (Å²) in [6.07, 6.45) is 5.31. The van der Waals surface area contributed by atoms with Gasteiger partial charge in [-0.2, -0.15) is 0 Å². The van der Waals surface area contributed by atoms with E-state index in [1.807, 2.05) is 25.1 Å². The third kappa shape index (κ3) is 7.26. The second-order valence-corrected chi connectivity index (χ2v) is 10.9. The van der Waals surface area contributed by atoms with Gasteiger partial charge < -0.3 is 25.4 Å². The minimum atomic E-state index is -0.343. The Morgan fingerprint density at radius 1 is 1.16 bits per heavy atom. The Kier molecular flexibility index (Phi) is 9.63. The van der Waals surface area contributed by atoms with Gasteiger partial charge in [0.1, 0.15) is 11.9 Å². The Morgan fingerprint density at radius 3 is 2.61 bits per heavy atom. The number of nitrogens with zero attached hydrogens (tertiary/aromatic N) is 2. The second kappa shape index (κ2) is 13.1. The highest BCUT2D eigenvalue weighted by Crippen LogP contribution is 2.31. The zero-order valence-electron chi connectivity index (χ0n) is 22.9. The van der Waals surface area contributed by atoms with Crippen molar-refractivity contribution in [2.24, 2.45) is 5.92 Å². The summed E-state index contributed by atoms with van der Waals surface area (Å²) in [6, 6.07) is 15.1. The van der Waals surface area contributed by atoms with Crippen LogP contribution in [0, 0.1) is 5.92 Å². The fraction of sp³-hybridized carbons (Fsp3) is 0.533. The number of hydrogen-bond acceptors (Lipinski definition) is 5. The van der Waals surface area contributed by atoms with Crippen molar-refractivity contribution in [2.75, 3.05) is 32.1 Å². The zero-order chi connectivity index (χ0) is 27.1. The molecule has 8 nitrogen and oxygen atoms in total. The third-order valence-corrected chi connectivity index (χ3v) is 7.65. The summed E-state index contributed by atoms with van der Waals surface area (Å²) in [5.74, 6) is 0.326. The quantitative estimate of drug-likeness (QED) is 0.475. The van der Waals surface area contributed by atoms with Crippen LogP contribution in [0.2, 0.25) is 0 Å². The molecular weight excluding hydrogens is 480 g/mol. The highest BCUT2D eigenvalue weighted by Gasteiger charge is 2.33. The van der Waals surface area contributed by atoms with Gasteiger partial charge in [-0.3, -0.25) is 9.69 Å². The van der Waals surface area contributed by atoms with Gasteiger partial charge in [0, 0.05) is 37.3 Å². The van der Waals surface area contributed by atoms with E-state index in [9.17, 15) is 14.7 Å². The molecule has 1 aliphatic heterocycles. The van der Waals surface area contributed by atoms with Crippen molar-refractivity contribution in [2.45, 2.75) is 70.7 Å². The molecule has 2 aromatic rings. The van der Waals surface area contributed by atoms with Gasteiger partial charge >= 0.3 is 6.03 Å². The molecule has 1 heterocycles. The lowest BCUT2D eigenvalue weighted by molar-refractivity contribution is 0.0341. The lowest BCUT2D eigenvalue weighted by Crippen LogP contribution is -2.49. The number of nitrogens with one attached hydrogen (secondary N) is 2. The number of ether oxygens (including phenoxy) is 1. The average Bonchev–Trinajstić information content (AvgIpc) is 2.91. The molecule has 38 heavy (non-hydrogen) atoms. The molecule has 1 fully saturated rings. The maximum atomic E-state index is 13.7. The first-order valence-electron chi connectivity index (χ1n) is 13.9. The summed E-state index contributed by atoms with van der Waals surface area (Å²) in [4.78, 5) is 30.3. The van der Waals surface area contributed by atoms with E-state index in [2.05, 4.69) is 41.6 Å². The first-order valence-corrected chi connectivity index (χ1v) is 13.9. The molecule has 2 aliphatic rings. The molecule has 3 N–H and O–H groups in total. The summed E-state index contributed by atoms with van der Waals surface area (Å²) < 4.78 is 6.49. The number of likely N-dealkylation sites (N-methyl/N-ethyl adjacent to an activating group) is 1. The molecule has 1 saturated carbocycles. The number of hydrogen-bond donors (Lipinski definition) is 3. The van der Waals surface area contributed by atoms with Gasteiger partial charge in [-0.05, 0) is 50.6 Å². The van der Waals surface area contributed by atoms with Crippen molar-refractivity contribution < 1.29 is 19.4 Å². The standard InChI is InChI=1S/C30H42N4O4/c1-21-17-34(22(2)20-35)29(36)26-16-25(32-30(37)31-24-12-8-5-9-13-24)14-15-27(26)38-28(21)19-33(3)18-23-10-6-4-7-11-23/h4,6-7,10-11,14-16,21-22,24,28,35H,5,8-9,12-13,17-20H2,1-3H3,(H2,31,32,37)/t21-,22+,28+/m1/s1. The molecular formula is C30H42N4O4. The van der Waals surface area contributed by atoms with Gasteiger partial charge in [-0.25, -0.2) is 4.79 Å². The highest BCUT2D eigenvalue weighted by atomic mass is 16.5. The predicted octanol–water partition coefficient (Wildman–Crippen LogP) is 4.49. The zero-order valence-corrected chi connectivity index (χ0v) is 22.9. The van der Waals surface area contributed by atoms with Crippen LogP contribution in [-0.4, -0.2) is 71.8 Å². The maximum absolute atomic E-state index is 13.7. The van der Waals surface area contributed by atoms with E-state index in [-0.39, 0.29) is 42.7 Å². The topological polar surface area (TPSA) is 94.1 Å². The maximum Gasteiger partial charge on any atom is 0.319 e. The molecule has 0 saturated heterocycles. The van der Waals surface area contributed by atoms with Crippen molar-refractivity contribution >= 4 is 17.6 Å². The highest BCUT2D eigenvalue weighted by molar-refractivity contribution is 5.99. The fourth-order valence-electron chi connectivity index (χ4n) is 5.38. The van der Waals surface area contributed by atoms with E-state index < -0.39 is 0 Å². The molecule has 206 valence electrons. The van der Waals surface area contributed by atoms with Crippen LogP contribution in [0.15, 0.2) is 48.5 Å². The van der Waals surface area contributed by atoms with Gasteiger partial charge in [-0.1, -0.05) is 56.5 Å². The van der Waals surface area contributed by atoms with Crippen molar-refractivity contribution in [1.29, 1.82) is 0 Å². The lowest BCUT2D eigenvalue weighted by atomic mass is 9.96. The number of aliphatic hydroxyl groups is 1.